The summed E-state index contributed by atoms with van der Waals surface area (Å²) in [4.78, 5) is 9.94. The lowest BCUT2D eigenvalue weighted by molar-refractivity contribution is -0.136. The molecule has 0 bridgehead atoms. The first kappa shape index (κ1) is 17.3. The van der Waals surface area contributed by atoms with Crippen LogP contribution in [0.2, 0.25) is 0 Å². The number of sulfonamides is 1. The van der Waals surface area contributed by atoms with Gasteiger partial charge in [0.05, 0.1) is 4.90 Å². The minimum absolute atomic E-state index is 0.142. The predicted molar refractivity (Wildman–Crippen MR) is 69.3 cm³/mol. The zero-order valence-corrected chi connectivity index (χ0v) is 12.2. The Balaban J connectivity index is 3.03. The van der Waals surface area contributed by atoms with Crippen LogP contribution in [0.25, 0.3) is 0 Å². The zero-order chi connectivity index (χ0) is 16.4. The molecule has 2 N–H and O–H groups in total. The fourth-order valence-electron chi connectivity index (χ4n) is 1.20. The van der Waals surface area contributed by atoms with Crippen LogP contribution in [-0.2, 0) is 24.7 Å². The van der Waals surface area contributed by atoms with E-state index in [9.17, 15) is 30.4 Å². The van der Waals surface area contributed by atoms with E-state index in [-0.39, 0.29) is 5.69 Å². The van der Waals surface area contributed by atoms with Crippen molar-refractivity contribution in [2.45, 2.75) is 22.8 Å². The number of sulfone groups is 1. The first-order valence-corrected chi connectivity index (χ1v) is 8.44. The average molecular weight is 343 g/mol. The van der Waals surface area contributed by atoms with E-state index in [1.54, 1.807) is 0 Å². The first-order chi connectivity index (χ1) is 9.48. The second-order valence-electron chi connectivity index (χ2n) is 3.96. The normalized spacial score (nSPS) is 13.9. The molecular weight excluding hydrogens is 332 g/mol. The van der Waals surface area contributed by atoms with Crippen LogP contribution in [0, 0.1) is 0 Å². The molecule has 1 aromatic rings. The van der Waals surface area contributed by atoms with Crippen LogP contribution < -0.4 is 4.72 Å². The van der Waals surface area contributed by atoms with Crippen LogP contribution in [0.5, 0.6) is 0 Å². The summed E-state index contributed by atoms with van der Waals surface area (Å²) in [7, 11) is -9.00. The van der Waals surface area contributed by atoms with Crippen molar-refractivity contribution >= 4 is 31.5 Å². The van der Waals surface area contributed by atoms with Gasteiger partial charge >= 0.3 is 11.7 Å². The summed E-state index contributed by atoms with van der Waals surface area (Å²) in [6.45, 7) is 0.945. The third kappa shape index (κ3) is 3.88. The van der Waals surface area contributed by atoms with Crippen LogP contribution in [0.4, 0.5) is 14.5 Å². The lowest BCUT2D eigenvalue weighted by Gasteiger charge is -2.11. The largest absolute Gasteiger partial charge is 0.480 e. The predicted octanol–water partition coefficient (Wildman–Crippen LogP) is 0.898. The van der Waals surface area contributed by atoms with Crippen molar-refractivity contribution in [2.75, 3.05) is 4.72 Å². The van der Waals surface area contributed by atoms with Crippen LogP contribution in [0.1, 0.15) is 6.92 Å². The Morgan fingerprint density at radius 2 is 1.62 bits per heavy atom. The Morgan fingerprint density at radius 3 is 2.00 bits per heavy atom. The minimum atomic E-state index is -4.77. The third-order valence-electron chi connectivity index (χ3n) is 2.49. The average Bonchev–Trinajstić information content (AvgIpc) is 2.37. The fourth-order valence-corrected chi connectivity index (χ4v) is 2.83. The number of halogens is 2. The van der Waals surface area contributed by atoms with E-state index in [0.29, 0.717) is 0 Å². The molecule has 0 heterocycles. The maximum atomic E-state index is 12.3. The highest BCUT2D eigenvalue weighted by molar-refractivity contribution is 7.94. The molecule has 0 aliphatic carbocycles. The summed E-state index contributed by atoms with van der Waals surface area (Å²) in [5, 5.41) is 6.89. The number of hydrogen-bond donors (Lipinski definition) is 2. The summed E-state index contributed by atoms with van der Waals surface area (Å²) in [6.07, 6.45) is 0. The van der Waals surface area contributed by atoms with Gasteiger partial charge in [-0.3, -0.25) is 9.52 Å². The Morgan fingerprint density at radius 1 is 1.14 bits per heavy atom. The SMILES string of the molecule is CC(C(=O)O)S(=O)(=O)Nc1ccc(S(=O)(=O)C(F)F)cc1. The van der Waals surface area contributed by atoms with Gasteiger partial charge in [-0.2, -0.15) is 8.78 Å². The molecule has 0 fully saturated rings. The van der Waals surface area contributed by atoms with Gasteiger partial charge in [0.1, 0.15) is 0 Å². The van der Waals surface area contributed by atoms with Gasteiger partial charge in [-0.15, -0.1) is 0 Å². The summed E-state index contributed by atoms with van der Waals surface area (Å²) >= 11 is 0. The number of rotatable bonds is 6. The van der Waals surface area contributed by atoms with E-state index in [0.717, 1.165) is 31.2 Å². The number of nitrogens with one attached hydrogen (secondary N) is 1. The monoisotopic (exact) mass is 343 g/mol. The molecule has 7 nitrogen and oxygen atoms in total. The quantitative estimate of drug-likeness (QED) is 0.792. The molecule has 0 spiro atoms. The number of aliphatic carboxylic acids is 1. The van der Waals surface area contributed by atoms with Crippen molar-refractivity contribution in [3.8, 4) is 0 Å². The topological polar surface area (TPSA) is 118 Å². The maximum Gasteiger partial charge on any atom is 0.341 e. The van der Waals surface area contributed by atoms with Crippen molar-refractivity contribution in [1.82, 2.24) is 0 Å². The molecule has 0 radical (unpaired) electrons. The number of carboxylic acids is 1. The second-order valence-corrected chi connectivity index (χ2v) is 7.88. The standard InChI is InChI=1S/C10H11F2NO6S2/c1-6(9(14)15)21(18,19)13-7-2-4-8(5-3-7)20(16,17)10(11)12/h2-6,10,13H,1H3,(H,14,15). The van der Waals surface area contributed by atoms with Gasteiger partial charge in [-0.1, -0.05) is 0 Å². The molecular formula is C10H11F2NO6S2. The molecule has 1 aromatic carbocycles. The second kappa shape index (κ2) is 5.93. The molecule has 11 heteroatoms. The Kier molecular flexibility index (Phi) is 4.89. The van der Waals surface area contributed by atoms with Gasteiger partial charge in [0, 0.05) is 5.69 Å². The highest BCUT2D eigenvalue weighted by Gasteiger charge is 2.29. The highest BCUT2D eigenvalue weighted by Crippen LogP contribution is 2.21. The Hall–Kier alpha value is -1.75. The Labute approximate surface area is 119 Å². The maximum absolute atomic E-state index is 12.3. The molecule has 1 rings (SSSR count). The number of carbonyl (C=O) groups is 1. The summed E-state index contributed by atoms with van der Waals surface area (Å²) in [5.41, 5.74) is -0.142. The number of alkyl halides is 2. The molecule has 0 aromatic heterocycles. The van der Waals surface area contributed by atoms with E-state index in [4.69, 9.17) is 5.11 Å². The van der Waals surface area contributed by atoms with E-state index >= 15 is 0 Å². The fraction of sp³-hybridized carbons (Fsp3) is 0.300. The van der Waals surface area contributed by atoms with Crippen molar-refractivity contribution in [2.24, 2.45) is 0 Å². The van der Waals surface area contributed by atoms with Gasteiger partial charge in [0.15, 0.2) is 5.25 Å². The molecule has 1 atom stereocenters. The van der Waals surface area contributed by atoms with Crippen LogP contribution in [-0.4, -0.2) is 38.9 Å². The lowest BCUT2D eigenvalue weighted by atomic mass is 10.3. The molecule has 118 valence electrons. The number of benzene rings is 1. The van der Waals surface area contributed by atoms with Crippen molar-refractivity contribution in [1.29, 1.82) is 0 Å². The lowest BCUT2D eigenvalue weighted by Crippen LogP contribution is -2.32. The van der Waals surface area contributed by atoms with Crippen molar-refractivity contribution in [3.05, 3.63) is 24.3 Å². The van der Waals surface area contributed by atoms with Crippen molar-refractivity contribution in [3.63, 3.8) is 0 Å². The minimum Gasteiger partial charge on any atom is -0.480 e. The van der Waals surface area contributed by atoms with Crippen LogP contribution in [0.15, 0.2) is 29.2 Å². The van der Waals surface area contributed by atoms with Gasteiger partial charge in [-0.25, -0.2) is 16.8 Å². The Bertz CT molecular complexity index is 727. The molecule has 0 aliphatic heterocycles. The summed E-state index contributed by atoms with van der Waals surface area (Å²) in [6, 6.07) is 3.48. The van der Waals surface area contributed by atoms with Crippen molar-refractivity contribution < 1.29 is 35.5 Å². The van der Waals surface area contributed by atoms with E-state index in [1.807, 2.05) is 4.72 Å². The molecule has 0 amide bonds. The van der Waals surface area contributed by atoms with Gasteiger partial charge in [0.25, 0.3) is 0 Å². The number of anilines is 1. The van der Waals surface area contributed by atoms with E-state index in [1.165, 1.54) is 0 Å². The molecule has 1 unspecified atom stereocenters. The molecule has 0 saturated heterocycles. The van der Waals surface area contributed by atoms with Gasteiger partial charge in [-0.05, 0) is 31.2 Å². The van der Waals surface area contributed by atoms with Gasteiger partial charge in [0.2, 0.25) is 19.9 Å². The van der Waals surface area contributed by atoms with Gasteiger partial charge < -0.3 is 5.11 Å². The summed E-state index contributed by atoms with van der Waals surface area (Å²) in [5.74, 6) is -5.16. The molecule has 0 aliphatic rings. The van der Waals surface area contributed by atoms with Crippen LogP contribution in [0.3, 0.4) is 0 Å². The zero-order valence-electron chi connectivity index (χ0n) is 10.5. The smallest absolute Gasteiger partial charge is 0.341 e. The molecule has 0 saturated carbocycles. The summed E-state index contributed by atoms with van der Waals surface area (Å²) < 4.78 is 72.0. The van der Waals surface area contributed by atoms with E-state index in [2.05, 4.69) is 0 Å². The van der Waals surface area contributed by atoms with Crippen LogP contribution >= 0.6 is 0 Å². The molecule has 21 heavy (non-hydrogen) atoms. The van der Waals surface area contributed by atoms with E-state index < -0.39 is 41.7 Å². The highest BCUT2D eigenvalue weighted by atomic mass is 32.2. The first-order valence-electron chi connectivity index (χ1n) is 5.35. The number of carboxylic acid groups (broad SMARTS) is 1. The number of hydrogen-bond acceptors (Lipinski definition) is 5. The third-order valence-corrected chi connectivity index (χ3v) is 5.54.